The summed E-state index contributed by atoms with van der Waals surface area (Å²) in [4.78, 5) is 13.5. The van der Waals surface area contributed by atoms with Crippen molar-refractivity contribution < 1.29 is 9.53 Å². The minimum atomic E-state index is -0.173. The molecule has 0 aliphatic rings. The van der Waals surface area contributed by atoms with Crippen LogP contribution in [0.4, 0.5) is 11.4 Å². The Morgan fingerprint density at radius 3 is 2.76 bits per heavy atom. The summed E-state index contributed by atoms with van der Waals surface area (Å²) in [5.41, 5.74) is 7.00. The van der Waals surface area contributed by atoms with Crippen molar-refractivity contribution in [3.63, 3.8) is 0 Å². The lowest BCUT2D eigenvalue weighted by atomic mass is 10.2. The van der Waals surface area contributed by atoms with Crippen molar-refractivity contribution in [2.45, 2.75) is 0 Å². The van der Waals surface area contributed by atoms with Crippen LogP contribution in [0, 0.1) is 0 Å². The van der Waals surface area contributed by atoms with E-state index in [9.17, 15) is 4.79 Å². The number of hydrogen-bond donors (Lipinski definition) is 2. The molecule has 5 nitrogen and oxygen atoms in total. The molecule has 0 bridgehead atoms. The van der Waals surface area contributed by atoms with Gasteiger partial charge in [-0.1, -0.05) is 12.1 Å². The van der Waals surface area contributed by atoms with Gasteiger partial charge in [-0.15, -0.1) is 0 Å². The van der Waals surface area contributed by atoms with E-state index in [2.05, 4.69) is 5.32 Å². The second kappa shape index (κ2) is 6.88. The van der Waals surface area contributed by atoms with Crippen molar-refractivity contribution in [2.24, 2.45) is 5.73 Å². The van der Waals surface area contributed by atoms with Crippen LogP contribution in [0.1, 0.15) is 0 Å². The third-order valence-corrected chi connectivity index (χ3v) is 2.16. The number of nitrogens with zero attached hydrogens (tertiary/aromatic N) is 1. The van der Waals surface area contributed by atoms with Gasteiger partial charge in [-0.05, 0) is 12.1 Å². The second-order valence-corrected chi connectivity index (χ2v) is 3.80. The lowest BCUT2D eigenvalue weighted by Crippen LogP contribution is -2.22. The first-order chi connectivity index (χ1) is 8.15. The molecule has 0 aromatic heterocycles. The number of anilines is 2. The van der Waals surface area contributed by atoms with Gasteiger partial charge in [0.2, 0.25) is 5.91 Å². The maximum atomic E-state index is 11.6. The molecule has 0 heterocycles. The number of carbonyl (C=O) groups is 1. The first-order valence-electron chi connectivity index (χ1n) is 5.49. The van der Waals surface area contributed by atoms with Crippen molar-refractivity contribution in [3.05, 3.63) is 24.3 Å². The molecule has 0 unspecified atom stereocenters. The molecule has 0 atom stereocenters. The quantitative estimate of drug-likeness (QED) is 0.713. The van der Waals surface area contributed by atoms with Gasteiger partial charge in [0.25, 0.3) is 0 Å². The average Bonchev–Trinajstić information content (AvgIpc) is 2.29. The highest BCUT2D eigenvalue weighted by Crippen LogP contribution is 2.23. The average molecular weight is 237 g/mol. The van der Waals surface area contributed by atoms with E-state index >= 15 is 0 Å². The van der Waals surface area contributed by atoms with E-state index in [1.54, 1.807) is 0 Å². The highest BCUT2D eigenvalue weighted by molar-refractivity contribution is 5.95. The third-order valence-electron chi connectivity index (χ3n) is 2.16. The maximum Gasteiger partial charge on any atom is 0.250 e. The Morgan fingerprint density at radius 1 is 1.41 bits per heavy atom. The normalized spacial score (nSPS) is 10.1. The molecule has 0 spiro atoms. The number of rotatable bonds is 6. The molecule has 1 aromatic rings. The highest BCUT2D eigenvalue weighted by Gasteiger charge is 2.07. The van der Waals surface area contributed by atoms with Gasteiger partial charge < -0.3 is 20.7 Å². The first-order valence-corrected chi connectivity index (χ1v) is 5.49. The summed E-state index contributed by atoms with van der Waals surface area (Å²) in [6.45, 7) is 0.837. The summed E-state index contributed by atoms with van der Waals surface area (Å²) in [5, 5.41) is 2.80. The minimum Gasteiger partial charge on any atom is -0.376 e. The molecule has 0 aliphatic heterocycles. The third kappa shape index (κ3) is 4.42. The van der Waals surface area contributed by atoms with E-state index in [-0.39, 0.29) is 12.5 Å². The first kappa shape index (κ1) is 13.5. The summed E-state index contributed by atoms with van der Waals surface area (Å²) in [5.74, 6) is -0.173. The Labute approximate surface area is 102 Å². The molecule has 5 heteroatoms. The molecular formula is C12H19N3O2. The summed E-state index contributed by atoms with van der Waals surface area (Å²) >= 11 is 0. The highest BCUT2D eigenvalue weighted by atomic mass is 16.5. The lowest BCUT2D eigenvalue weighted by molar-refractivity contribution is -0.120. The molecule has 1 rings (SSSR count). The van der Waals surface area contributed by atoms with Gasteiger partial charge >= 0.3 is 0 Å². The number of nitrogens with one attached hydrogen (secondary N) is 1. The number of hydrogen-bond acceptors (Lipinski definition) is 4. The zero-order valence-electron chi connectivity index (χ0n) is 10.3. The maximum absolute atomic E-state index is 11.6. The summed E-state index contributed by atoms with van der Waals surface area (Å²) < 4.78 is 5.07. The molecule has 1 amide bonds. The zero-order valence-corrected chi connectivity index (χ0v) is 10.3. The smallest absolute Gasteiger partial charge is 0.250 e. The van der Waals surface area contributed by atoms with Gasteiger partial charge in [0.15, 0.2) is 0 Å². The Kier molecular flexibility index (Phi) is 5.45. The SMILES string of the molecule is CN(C)c1ccccc1NC(=O)COCCN. The van der Waals surface area contributed by atoms with Crippen LogP contribution < -0.4 is 16.0 Å². The van der Waals surface area contributed by atoms with Crippen molar-refractivity contribution >= 4 is 17.3 Å². The molecule has 1 aromatic carbocycles. The Balaban J connectivity index is 2.58. The van der Waals surface area contributed by atoms with E-state index < -0.39 is 0 Å². The molecule has 94 valence electrons. The van der Waals surface area contributed by atoms with Crippen LogP contribution in [0.25, 0.3) is 0 Å². The van der Waals surface area contributed by atoms with Crippen molar-refractivity contribution in [1.29, 1.82) is 0 Å². The molecule has 17 heavy (non-hydrogen) atoms. The van der Waals surface area contributed by atoms with Gasteiger partial charge in [-0.3, -0.25) is 4.79 Å². The fourth-order valence-electron chi connectivity index (χ4n) is 1.40. The van der Waals surface area contributed by atoms with Crippen LogP contribution in [0.5, 0.6) is 0 Å². The predicted octanol–water partition coefficient (Wildman–Crippen LogP) is 0.666. The van der Waals surface area contributed by atoms with Crippen LogP contribution in [0.2, 0.25) is 0 Å². The number of benzene rings is 1. The number of carbonyl (C=O) groups excluding carboxylic acids is 1. The molecule has 0 saturated carbocycles. The van der Waals surface area contributed by atoms with E-state index in [1.165, 1.54) is 0 Å². The number of para-hydroxylation sites is 2. The van der Waals surface area contributed by atoms with E-state index in [0.717, 1.165) is 11.4 Å². The van der Waals surface area contributed by atoms with Gasteiger partial charge in [-0.2, -0.15) is 0 Å². The monoisotopic (exact) mass is 237 g/mol. The zero-order chi connectivity index (χ0) is 12.7. The topological polar surface area (TPSA) is 67.6 Å². The van der Waals surface area contributed by atoms with Crippen LogP contribution in [-0.2, 0) is 9.53 Å². The fraction of sp³-hybridized carbons (Fsp3) is 0.417. The van der Waals surface area contributed by atoms with Crippen LogP contribution in [-0.4, -0.2) is 39.8 Å². The lowest BCUT2D eigenvalue weighted by Gasteiger charge is -2.17. The van der Waals surface area contributed by atoms with E-state index in [4.69, 9.17) is 10.5 Å². The molecular weight excluding hydrogens is 218 g/mol. The number of amides is 1. The fourth-order valence-corrected chi connectivity index (χ4v) is 1.40. The number of ether oxygens (including phenoxy) is 1. The summed E-state index contributed by atoms with van der Waals surface area (Å²) in [6.07, 6.45) is 0. The van der Waals surface area contributed by atoms with Gasteiger partial charge in [0, 0.05) is 20.6 Å². The van der Waals surface area contributed by atoms with Crippen LogP contribution in [0.15, 0.2) is 24.3 Å². The van der Waals surface area contributed by atoms with Gasteiger partial charge in [0.1, 0.15) is 6.61 Å². The molecule has 3 N–H and O–H groups in total. The second-order valence-electron chi connectivity index (χ2n) is 3.80. The Morgan fingerprint density at radius 2 is 2.12 bits per heavy atom. The Bertz CT molecular complexity index is 367. The Hall–Kier alpha value is -1.59. The summed E-state index contributed by atoms with van der Waals surface area (Å²) in [6, 6.07) is 7.60. The van der Waals surface area contributed by atoms with E-state index in [0.29, 0.717) is 13.2 Å². The molecule has 0 radical (unpaired) electrons. The van der Waals surface area contributed by atoms with Gasteiger partial charge in [0.05, 0.1) is 18.0 Å². The van der Waals surface area contributed by atoms with Crippen molar-refractivity contribution in [2.75, 3.05) is 44.1 Å². The predicted molar refractivity (Wildman–Crippen MR) is 69.3 cm³/mol. The standard InChI is InChI=1S/C12H19N3O2/c1-15(2)11-6-4-3-5-10(11)14-12(16)9-17-8-7-13/h3-6H,7-9,13H2,1-2H3,(H,14,16). The summed E-state index contributed by atoms with van der Waals surface area (Å²) in [7, 11) is 3.85. The number of nitrogens with two attached hydrogens (primary N) is 1. The van der Waals surface area contributed by atoms with Crippen LogP contribution >= 0.6 is 0 Å². The van der Waals surface area contributed by atoms with Crippen molar-refractivity contribution in [3.8, 4) is 0 Å². The molecule has 0 aliphatic carbocycles. The van der Waals surface area contributed by atoms with E-state index in [1.807, 2.05) is 43.3 Å². The largest absolute Gasteiger partial charge is 0.376 e. The van der Waals surface area contributed by atoms with Gasteiger partial charge in [-0.25, -0.2) is 0 Å². The van der Waals surface area contributed by atoms with Crippen LogP contribution in [0.3, 0.4) is 0 Å². The molecule has 0 fully saturated rings. The van der Waals surface area contributed by atoms with Crippen molar-refractivity contribution in [1.82, 2.24) is 0 Å². The molecule has 0 saturated heterocycles. The minimum absolute atomic E-state index is 0.0267.